The molecule has 3 nitrogen and oxygen atoms in total. The van der Waals surface area contributed by atoms with Crippen molar-refractivity contribution in [2.75, 3.05) is 26.9 Å². The second-order valence-corrected chi connectivity index (χ2v) is 4.38. The number of benzene rings is 1. The lowest BCUT2D eigenvalue weighted by Crippen LogP contribution is -2.34. The molecule has 1 aromatic carbocycles. The highest BCUT2D eigenvalue weighted by Gasteiger charge is 2.19. The van der Waals surface area contributed by atoms with E-state index in [1.54, 1.807) is 7.11 Å². The zero-order valence-corrected chi connectivity index (χ0v) is 10.2. The van der Waals surface area contributed by atoms with Crippen LogP contribution in [0.15, 0.2) is 22.7 Å². The average Bonchev–Trinajstić information content (AvgIpc) is 2.30. The minimum Gasteiger partial charge on any atom is -0.496 e. The third-order valence-electron chi connectivity index (χ3n) is 2.49. The average molecular weight is 272 g/mol. The first-order chi connectivity index (χ1) is 7.31. The van der Waals surface area contributed by atoms with E-state index in [9.17, 15) is 0 Å². The first kappa shape index (κ1) is 10.9. The van der Waals surface area contributed by atoms with E-state index in [1.165, 1.54) is 0 Å². The molecule has 1 aliphatic heterocycles. The van der Waals surface area contributed by atoms with Crippen LogP contribution in [0.25, 0.3) is 0 Å². The first-order valence-electron chi connectivity index (χ1n) is 4.96. The maximum Gasteiger partial charge on any atom is 0.123 e. The monoisotopic (exact) mass is 271 g/mol. The third kappa shape index (κ3) is 2.51. The molecule has 0 aromatic heterocycles. The van der Waals surface area contributed by atoms with Crippen molar-refractivity contribution >= 4 is 15.9 Å². The molecular weight excluding hydrogens is 258 g/mol. The lowest BCUT2D eigenvalue weighted by molar-refractivity contribution is 0.0760. The molecule has 0 bridgehead atoms. The molecule has 4 heteroatoms. The van der Waals surface area contributed by atoms with E-state index >= 15 is 0 Å². The Labute approximate surface area is 97.9 Å². The molecule has 1 aromatic rings. The number of halogens is 1. The molecule has 15 heavy (non-hydrogen) atoms. The molecule has 1 aliphatic rings. The molecule has 0 radical (unpaired) electrons. The van der Waals surface area contributed by atoms with Crippen LogP contribution in [0.1, 0.15) is 11.6 Å². The van der Waals surface area contributed by atoms with Gasteiger partial charge in [0.05, 0.1) is 26.4 Å². The lowest BCUT2D eigenvalue weighted by atomic mass is 10.1. The van der Waals surface area contributed by atoms with Crippen LogP contribution in [0.5, 0.6) is 5.75 Å². The Kier molecular flexibility index (Phi) is 3.61. The Bertz CT molecular complexity index is 337. The van der Waals surface area contributed by atoms with E-state index < -0.39 is 0 Å². The summed E-state index contributed by atoms with van der Waals surface area (Å²) in [6, 6.07) is 6.25. The molecule has 1 atom stereocenters. The van der Waals surface area contributed by atoms with Crippen LogP contribution >= 0.6 is 15.9 Å². The van der Waals surface area contributed by atoms with Gasteiger partial charge in [0.1, 0.15) is 5.75 Å². The molecule has 0 unspecified atom stereocenters. The van der Waals surface area contributed by atoms with E-state index in [-0.39, 0.29) is 6.04 Å². The second kappa shape index (κ2) is 4.96. The minimum absolute atomic E-state index is 0.228. The van der Waals surface area contributed by atoms with Gasteiger partial charge in [0, 0.05) is 16.6 Å². The normalized spacial score (nSPS) is 21.3. The molecule has 0 spiro atoms. The number of nitrogens with one attached hydrogen (secondary N) is 1. The molecule has 1 heterocycles. The zero-order chi connectivity index (χ0) is 10.7. The summed E-state index contributed by atoms with van der Waals surface area (Å²) in [7, 11) is 1.69. The highest BCUT2D eigenvalue weighted by atomic mass is 79.9. The van der Waals surface area contributed by atoms with Crippen molar-refractivity contribution in [3.05, 3.63) is 28.2 Å². The number of methoxy groups -OCH3 is 1. The largest absolute Gasteiger partial charge is 0.496 e. The Morgan fingerprint density at radius 3 is 3.07 bits per heavy atom. The smallest absolute Gasteiger partial charge is 0.123 e. The number of ether oxygens (including phenoxy) is 2. The third-order valence-corrected chi connectivity index (χ3v) is 2.98. The molecule has 0 aliphatic carbocycles. The van der Waals surface area contributed by atoms with Crippen LogP contribution in [-0.4, -0.2) is 26.9 Å². The van der Waals surface area contributed by atoms with Gasteiger partial charge in [-0.2, -0.15) is 0 Å². The first-order valence-corrected chi connectivity index (χ1v) is 5.75. The Hall–Kier alpha value is -0.580. The van der Waals surface area contributed by atoms with Crippen LogP contribution in [0, 0.1) is 0 Å². The fourth-order valence-corrected chi connectivity index (χ4v) is 2.12. The van der Waals surface area contributed by atoms with Crippen molar-refractivity contribution in [3.63, 3.8) is 0 Å². The molecule has 1 saturated heterocycles. The van der Waals surface area contributed by atoms with E-state index in [4.69, 9.17) is 9.47 Å². The summed E-state index contributed by atoms with van der Waals surface area (Å²) in [6.45, 7) is 2.37. The molecule has 1 fully saturated rings. The van der Waals surface area contributed by atoms with Crippen molar-refractivity contribution in [2.45, 2.75) is 6.04 Å². The summed E-state index contributed by atoms with van der Waals surface area (Å²) in [4.78, 5) is 0. The topological polar surface area (TPSA) is 30.5 Å². The van der Waals surface area contributed by atoms with Gasteiger partial charge in [-0.05, 0) is 18.2 Å². The van der Waals surface area contributed by atoms with Crippen LogP contribution in [0.3, 0.4) is 0 Å². The number of hydrogen-bond acceptors (Lipinski definition) is 3. The van der Waals surface area contributed by atoms with Gasteiger partial charge < -0.3 is 14.8 Å². The minimum atomic E-state index is 0.228. The van der Waals surface area contributed by atoms with Gasteiger partial charge in [0.25, 0.3) is 0 Å². The highest BCUT2D eigenvalue weighted by molar-refractivity contribution is 9.10. The number of morpholine rings is 1. The summed E-state index contributed by atoms with van der Waals surface area (Å²) in [6.07, 6.45) is 0. The summed E-state index contributed by atoms with van der Waals surface area (Å²) < 4.78 is 11.8. The van der Waals surface area contributed by atoms with Gasteiger partial charge in [0.15, 0.2) is 0 Å². The van der Waals surface area contributed by atoms with Crippen molar-refractivity contribution in [1.29, 1.82) is 0 Å². The van der Waals surface area contributed by atoms with Crippen LogP contribution < -0.4 is 10.1 Å². The SMILES string of the molecule is COc1ccc(Br)cc1[C@H]1COCCN1. The van der Waals surface area contributed by atoms with E-state index in [1.807, 2.05) is 12.1 Å². The second-order valence-electron chi connectivity index (χ2n) is 3.47. The summed E-state index contributed by atoms with van der Waals surface area (Å²) >= 11 is 3.47. The predicted octanol–water partition coefficient (Wildman–Crippen LogP) is 2.12. The Morgan fingerprint density at radius 2 is 2.40 bits per heavy atom. The fraction of sp³-hybridized carbons (Fsp3) is 0.455. The molecule has 0 amide bonds. The lowest BCUT2D eigenvalue weighted by Gasteiger charge is -2.25. The Balaban J connectivity index is 2.27. The standard InChI is InChI=1S/C11H14BrNO2/c1-14-11-3-2-8(12)6-9(11)10-7-15-5-4-13-10/h2-3,6,10,13H,4-5,7H2,1H3/t10-/m1/s1. The van der Waals surface area contributed by atoms with Crippen LogP contribution in [0.2, 0.25) is 0 Å². The Morgan fingerprint density at radius 1 is 1.53 bits per heavy atom. The zero-order valence-electron chi connectivity index (χ0n) is 8.63. The van der Waals surface area contributed by atoms with E-state index in [0.29, 0.717) is 6.61 Å². The van der Waals surface area contributed by atoms with E-state index in [2.05, 4.69) is 27.3 Å². The van der Waals surface area contributed by atoms with Gasteiger partial charge >= 0.3 is 0 Å². The summed E-state index contributed by atoms with van der Waals surface area (Å²) in [5.74, 6) is 0.904. The van der Waals surface area contributed by atoms with Gasteiger partial charge in [-0.25, -0.2) is 0 Å². The predicted molar refractivity (Wildman–Crippen MR) is 62.3 cm³/mol. The molecule has 82 valence electrons. The van der Waals surface area contributed by atoms with Crippen LogP contribution in [0.4, 0.5) is 0 Å². The van der Waals surface area contributed by atoms with Gasteiger partial charge in [-0.3, -0.25) is 0 Å². The van der Waals surface area contributed by atoms with Crippen molar-refractivity contribution in [3.8, 4) is 5.75 Å². The van der Waals surface area contributed by atoms with Gasteiger partial charge in [0.2, 0.25) is 0 Å². The fourth-order valence-electron chi connectivity index (χ4n) is 1.74. The van der Waals surface area contributed by atoms with Gasteiger partial charge in [-0.15, -0.1) is 0 Å². The molecular formula is C11H14BrNO2. The summed E-state index contributed by atoms with van der Waals surface area (Å²) in [5.41, 5.74) is 1.14. The van der Waals surface area contributed by atoms with Gasteiger partial charge in [-0.1, -0.05) is 15.9 Å². The molecule has 0 saturated carbocycles. The van der Waals surface area contributed by atoms with Crippen LogP contribution in [-0.2, 0) is 4.74 Å². The van der Waals surface area contributed by atoms with Crippen molar-refractivity contribution in [2.24, 2.45) is 0 Å². The summed E-state index contributed by atoms with van der Waals surface area (Å²) in [5, 5.41) is 3.41. The maximum atomic E-state index is 5.44. The van der Waals surface area contributed by atoms with Crippen molar-refractivity contribution in [1.82, 2.24) is 5.32 Å². The molecule has 2 rings (SSSR count). The van der Waals surface area contributed by atoms with Crippen molar-refractivity contribution < 1.29 is 9.47 Å². The number of rotatable bonds is 2. The highest BCUT2D eigenvalue weighted by Crippen LogP contribution is 2.29. The number of hydrogen-bond donors (Lipinski definition) is 1. The van der Waals surface area contributed by atoms with E-state index in [0.717, 1.165) is 28.9 Å². The molecule has 1 N–H and O–H groups in total. The maximum absolute atomic E-state index is 5.44. The quantitative estimate of drug-likeness (QED) is 0.894.